The fraction of sp³-hybridized carbons (Fsp3) is 0.714. The van der Waals surface area contributed by atoms with Crippen molar-refractivity contribution in [2.45, 2.75) is 53.4 Å². The first-order chi connectivity index (χ1) is 7.58. The van der Waals surface area contributed by atoms with Crippen molar-refractivity contribution in [2.24, 2.45) is 11.8 Å². The van der Waals surface area contributed by atoms with E-state index in [1.54, 1.807) is 0 Å². The molecule has 0 saturated carbocycles. The van der Waals surface area contributed by atoms with Crippen LogP contribution >= 0.6 is 0 Å². The van der Waals surface area contributed by atoms with Crippen molar-refractivity contribution in [3.05, 3.63) is 23.8 Å². The molecule has 0 aliphatic rings. The lowest BCUT2D eigenvalue weighted by atomic mass is 10.1. The van der Waals surface area contributed by atoms with Gasteiger partial charge in [-0.15, -0.1) is 0 Å². The van der Waals surface area contributed by atoms with E-state index in [-0.39, 0.29) is 0 Å². The Labute approximate surface area is 99.5 Å². The minimum Gasteiger partial charge on any atom is -0.241 e. The van der Waals surface area contributed by atoms with Crippen molar-refractivity contribution < 1.29 is 0 Å². The van der Waals surface area contributed by atoms with Gasteiger partial charge in [-0.25, -0.2) is 9.97 Å². The van der Waals surface area contributed by atoms with Crippen LogP contribution in [0.4, 0.5) is 0 Å². The smallest absolute Gasteiger partial charge is 0.128 e. The summed E-state index contributed by atoms with van der Waals surface area (Å²) in [6.45, 7) is 8.98. The molecule has 0 unspecified atom stereocenters. The van der Waals surface area contributed by atoms with Gasteiger partial charge in [0, 0.05) is 18.3 Å². The maximum Gasteiger partial charge on any atom is 0.128 e. The van der Waals surface area contributed by atoms with Gasteiger partial charge in [0.05, 0.1) is 0 Å². The van der Waals surface area contributed by atoms with E-state index < -0.39 is 0 Å². The standard InChI is InChI=1S/C14H24N2/c1-11(2)5-7-13-9-10-15-14(16-13)8-6-12(3)4/h9-12H,5-8H2,1-4H3. The lowest BCUT2D eigenvalue weighted by Crippen LogP contribution is -2.02. The molecular formula is C14H24N2. The molecule has 16 heavy (non-hydrogen) atoms. The summed E-state index contributed by atoms with van der Waals surface area (Å²) in [5.74, 6) is 2.48. The van der Waals surface area contributed by atoms with Gasteiger partial charge in [-0.1, -0.05) is 27.7 Å². The summed E-state index contributed by atoms with van der Waals surface area (Å²) >= 11 is 0. The minimum atomic E-state index is 0.725. The lowest BCUT2D eigenvalue weighted by Gasteiger charge is -2.06. The molecular weight excluding hydrogens is 196 g/mol. The van der Waals surface area contributed by atoms with Gasteiger partial charge in [0.15, 0.2) is 0 Å². The lowest BCUT2D eigenvalue weighted by molar-refractivity contribution is 0.564. The Balaban J connectivity index is 2.50. The molecule has 2 nitrogen and oxygen atoms in total. The van der Waals surface area contributed by atoms with Crippen LogP contribution in [0.3, 0.4) is 0 Å². The van der Waals surface area contributed by atoms with E-state index in [4.69, 9.17) is 0 Å². The van der Waals surface area contributed by atoms with E-state index in [9.17, 15) is 0 Å². The quantitative estimate of drug-likeness (QED) is 0.731. The van der Waals surface area contributed by atoms with Gasteiger partial charge in [0.25, 0.3) is 0 Å². The molecule has 0 aliphatic heterocycles. The zero-order valence-electron chi connectivity index (χ0n) is 11.0. The van der Waals surface area contributed by atoms with Crippen LogP contribution in [0, 0.1) is 11.8 Å². The number of hydrogen-bond donors (Lipinski definition) is 0. The van der Waals surface area contributed by atoms with E-state index in [0.717, 1.165) is 30.5 Å². The molecule has 0 radical (unpaired) electrons. The predicted octanol–water partition coefficient (Wildman–Crippen LogP) is 3.65. The summed E-state index contributed by atoms with van der Waals surface area (Å²) in [4.78, 5) is 8.93. The van der Waals surface area contributed by atoms with Crippen LogP contribution in [-0.4, -0.2) is 9.97 Å². The highest BCUT2D eigenvalue weighted by Crippen LogP contribution is 2.09. The second kappa shape index (κ2) is 6.62. The van der Waals surface area contributed by atoms with E-state index in [0.29, 0.717) is 0 Å². The van der Waals surface area contributed by atoms with Gasteiger partial charge in [-0.2, -0.15) is 0 Å². The Bertz CT molecular complexity index is 278. The Kier molecular flexibility index (Phi) is 5.44. The average Bonchev–Trinajstić information content (AvgIpc) is 2.24. The van der Waals surface area contributed by atoms with Crippen LogP contribution in [0.25, 0.3) is 0 Å². The van der Waals surface area contributed by atoms with Crippen LogP contribution in [0.2, 0.25) is 0 Å². The third-order valence-corrected chi connectivity index (χ3v) is 2.69. The predicted molar refractivity (Wildman–Crippen MR) is 68.4 cm³/mol. The Hall–Kier alpha value is -0.920. The highest BCUT2D eigenvalue weighted by atomic mass is 14.9. The largest absolute Gasteiger partial charge is 0.241 e. The van der Waals surface area contributed by atoms with Crippen molar-refractivity contribution in [1.82, 2.24) is 9.97 Å². The van der Waals surface area contributed by atoms with Gasteiger partial charge in [-0.3, -0.25) is 0 Å². The number of hydrogen-bond acceptors (Lipinski definition) is 2. The second-order valence-corrected chi connectivity index (χ2v) is 5.33. The Morgan fingerprint density at radius 2 is 1.62 bits per heavy atom. The summed E-state index contributed by atoms with van der Waals surface area (Å²) in [7, 11) is 0. The third-order valence-electron chi connectivity index (χ3n) is 2.69. The van der Waals surface area contributed by atoms with Crippen LogP contribution in [0.15, 0.2) is 12.3 Å². The zero-order chi connectivity index (χ0) is 12.0. The molecule has 0 N–H and O–H groups in total. The molecule has 1 aromatic rings. The molecule has 1 heterocycles. The highest BCUT2D eigenvalue weighted by molar-refractivity contribution is 5.02. The Morgan fingerprint density at radius 1 is 1.00 bits per heavy atom. The van der Waals surface area contributed by atoms with Crippen LogP contribution in [-0.2, 0) is 12.8 Å². The number of nitrogens with zero attached hydrogens (tertiary/aromatic N) is 2. The van der Waals surface area contributed by atoms with Gasteiger partial charge in [0.1, 0.15) is 5.82 Å². The molecule has 0 saturated heterocycles. The number of aryl methyl sites for hydroxylation is 2. The van der Waals surface area contributed by atoms with Crippen molar-refractivity contribution in [3.8, 4) is 0 Å². The van der Waals surface area contributed by atoms with Crippen LogP contribution < -0.4 is 0 Å². The normalized spacial score (nSPS) is 11.4. The molecule has 2 heteroatoms. The molecule has 0 atom stereocenters. The summed E-state index contributed by atoms with van der Waals surface area (Å²) in [5, 5.41) is 0. The monoisotopic (exact) mass is 220 g/mol. The molecule has 0 amide bonds. The van der Waals surface area contributed by atoms with Crippen molar-refractivity contribution in [1.29, 1.82) is 0 Å². The fourth-order valence-electron chi connectivity index (χ4n) is 1.56. The maximum atomic E-state index is 4.61. The minimum absolute atomic E-state index is 0.725. The van der Waals surface area contributed by atoms with E-state index in [1.807, 2.05) is 12.3 Å². The third kappa shape index (κ3) is 5.24. The fourth-order valence-corrected chi connectivity index (χ4v) is 1.56. The first-order valence-electron chi connectivity index (χ1n) is 6.38. The molecule has 0 aliphatic carbocycles. The van der Waals surface area contributed by atoms with Crippen molar-refractivity contribution in [3.63, 3.8) is 0 Å². The topological polar surface area (TPSA) is 25.8 Å². The van der Waals surface area contributed by atoms with E-state index in [1.165, 1.54) is 18.5 Å². The Morgan fingerprint density at radius 3 is 2.25 bits per heavy atom. The first kappa shape index (κ1) is 13.1. The number of rotatable bonds is 6. The van der Waals surface area contributed by atoms with Crippen LogP contribution in [0.5, 0.6) is 0 Å². The maximum absolute atomic E-state index is 4.61. The van der Waals surface area contributed by atoms with E-state index in [2.05, 4.69) is 37.7 Å². The van der Waals surface area contributed by atoms with Gasteiger partial charge < -0.3 is 0 Å². The van der Waals surface area contributed by atoms with Crippen molar-refractivity contribution in [2.75, 3.05) is 0 Å². The molecule has 0 bridgehead atoms. The summed E-state index contributed by atoms with van der Waals surface area (Å²) in [6, 6.07) is 2.04. The molecule has 0 spiro atoms. The second-order valence-electron chi connectivity index (χ2n) is 5.33. The molecule has 0 fully saturated rings. The van der Waals surface area contributed by atoms with Gasteiger partial charge in [-0.05, 0) is 37.2 Å². The summed E-state index contributed by atoms with van der Waals surface area (Å²) in [5.41, 5.74) is 1.20. The molecule has 1 rings (SSSR count). The van der Waals surface area contributed by atoms with Crippen LogP contribution in [0.1, 0.15) is 52.1 Å². The average molecular weight is 220 g/mol. The highest BCUT2D eigenvalue weighted by Gasteiger charge is 2.02. The molecule has 90 valence electrons. The first-order valence-corrected chi connectivity index (χ1v) is 6.38. The van der Waals surface area contributed by atoms with Crippen molar-refractivity contribution >= 4 is 0 Å². The SMILES string of the molecule is CC(C)CCc1ccnc(CCC(C)C)n1. The summed E-state index contributed by atoms with van der Waals surface area (Å²) in [6.07, 6.45) is 6.37. The van der Waals surface area contributed by atoms with E-state index >= 15 is 0 Å². The number of aromatic nitrogens is 2. The zero-order valence-corrected chi connectivity index (χ0v) is 11.0. The van der Waals surface area contributed by atoms with Gasteiger partial charge >= 0.3 is 0 Å². The molecule has 1 aromatic heterocycles. The van der Waals surface area contributed by atoms with Gasteiger partial charge in [0.2, 0.25) is 0 Å². The molecule has 0 aromatic carbocycles. The summed E-state index contributed by atoms with van der Waals surface area (Å²) < 4.78 is 0.